The van der Waals surface area contributed by atoms with E-state index in [1.807, 2.05) is 19.1 Å². The second kappa shape index (κ2) is 11.3. The molecule has 2 heteroatoms. The van der Waals surface area contributed by atoms with Crippen LogP contribution < -0.4 is 4.74 Å². The van der Waals surface area contributed by atoms with Gasteiger partial charge in [0.15, 0.2) is 0 Å². The minimum Gasteiger partial charge on any atom is -0.508 e. The van der Waals surface area contributed by atoms with Crippen LogP contribution in [0.5, 0.6) is 11.5 Å². The van der Waals surface area contributed by atoms with Gasteiger partial charge in [-0.25, -0.2) is 0 Å². The standard InChI is InChI=1S/C27H46O2/c1-20(2)10-7-11-21(3)12-8-13-22(4)14-9-16-27(6)17-15-24-19-25(28)18-23(5)26(24)29-27/h18-22,28H,7-17H2,1-6H3/t21-,22+,27?/m1/s1. The third-order valence-electron chi connectivity index (χ3n) is 6.88. The molecule has 29 heavy (non-hydrogen) atoms. The van der Waals surface area contributed by atoms with E-state index >= 15 is 0 Å². The summed E-state index contributed by atoms with van der Waals surface area (Å²) in [5.41, 5.74) is 2.16. The van der Waals surface area contributed by atoms with Crippen LogP contribution in [-0.4, -0.2) is 10.7 Å². The molecule has 1 aromatic rings. The minimum absolute atomic E-state index is 0.0562. The highest BCUT2D eigenvalue weighted by Gasteiger charge is 2.32. The first kappa shape index (κ1) is 24.1. The number of aromatic hydroxyl groups is 1. The van der Waals surface area contributed by atoms with Crippen molar-refractivity contribution in [2.45, 2.75) is 118 Å². The molecule has 2 nitrogen and oxygen atoms in total. The van der Waals surface area contributed by atoms with Gasteiger partial charge >= 0.3 is 0 Å². The van der Waals surface area contributed by atoms with Gasteiger partial charge in [-0.1, -0.05) is 72.6 Å². The van der Waals surface area contributed by atoms with Gasteiger partial charge in [-0.05, 0) is 80.5 Å². The largest absolute Gasteiger partial charge is 0.508 e. The molecule has 0 bridgehead atoms. The summed E-state index contributed by atoms with van der Waals surface area (Å²) >= 11 is 0. The fourth-order valence-electron chi connectivity index (χ4n) is 4.83. The van der Waals surface area contributed by atoms with Crippen LogP contribution in [0.15, 0.2) is 12.1 Å². The van der Waals surface area contributed by atoms with Gasteiger partial charge < -0.3 is 9.84 Å². The number of rotatable bonds is 12. The quantitative estimate of drug-likeness (QED) is 0.381. The molecule has 0 aliphatic carbocycles. The molecule has 0 fully saturated rings. The molecule has 3 atom stereocenters. The Hall–Kier alpha value is -1.18. The van der Waals surface area contributed by atoms with Crippen molar-refractivity contribution in [3.05, 3.63) is 23.3 Å². The van der Waals surface area contributed by atoms with Crippen molar-refractivity contribution in [3.8, 4) is 11.5 Å². The number of aryl methyl sites for hydroxylation is 2. The van der Waals surface area contributed by atoms with Crippen LogP contribution in [-0.2, 0) is 6.42 Å². The lowest BCUT2D eigenvalue weighted by Gasteiger charge is -2.37. The summed E-state index contributed by atoms with van der Waals surface area (Å²) in [6.07, 6.45) is 14.1. The zero-order chi connectivity index (χ0) is 21.4. The average molecular weight is 403 g/mol. The Kier molecular flexibility index (Phi) is 9.37. The summed E-state index contributed by atoms with van der Waals surface area (Å²) in [5.74, 6) is 3.92. The predicted molar refractivity (Wildman–Crippen MR) is 125 cm³/mol. The molecule has 1 aromatic carbocycles. The Morgan fingerprint density at radius 3 is 2.14 bits per heavy atom. The third-order valence-corrected chi connectivity index (χ3v) is 6.88. The summed E-state index contributed by atoms with van der Waals surface area (Å²) in [4.78, 5) is 0. The van der Waals surface area contributed by atoms with Gasteiger partial charge in [0, 0.05) is 0 Å². The van der Waals surface area contributed by atoms with Crippen molar-refractivity contribution in [3.63, 3.8) is 0 Å². The minimum atomic E-state index is -0.0562. The Morgan fingerprint density at radius 1 is 0.931 bits per heavy atom. The van der Waals surface area contributed by atoms with Crippen molar-refractivity contribution < 1.29 is 9.84 Å². The fraction of sp³-hybridized carbons (Fsp3) is 0.778. The third kappa shape index (κ3) is 8.22. The maximum Gasteiger partial charge on any atom is 0.126 e. The summed E-state index contributed by atoms with van der Waals surface area (Å²) in [7, 11) is 0. The van der Waals surface area contributed by atoms with E-state index in [0.717, 1.165) is 53.9 Å². The highest BCUT2D eigenvalue weighted by Crippen LogP contribution is 2.40. The number of benzene rings is 1. The van der Waals surface area contributed by atoms with Crippen LogP contribution in [0.1, 0.15) is 110 Å². The molecule has 1 aliphatic heterocycles. The molecule has 0 saturated carbocycles. The molecule has 2 rings (SSSR count). The summed E-state index contributed by atoms with van der Waals surface area (Å²) in [5, 5.41) is 9.82. The van der Waals surface area contributed by atoms with Crippen molar-refractivity contribution >= 4 is 0 Å². The molecule has 166 valence electrons. The summed E-state index contributed by atoms with van der Waals surface area (Å²) in [6, 6.07) is 3.68. The summed E-state index contributed by atoms with van der Waals surface area (Å²) < 4.78 is 6.44. The van der Waals surface area contributed by atoms with Crippen molar-refractivity contribution in [1.82, 2.24) is 0 Å². The van der Waals surface area contributed by atoms with Crippen molar-refractivity contribution in [2.75, 3.05) is 0 Å². The zero-order valence-electron chi connectivity index (χ0n) is 20.0. The topological polar surface area (TPSA) is 29.5 Å². The Balaban J connectivity index is 1.65. The van der Waals surface area contributed by atoms with Crippen LogP contribution in [0.25, 0.3) is 0 Å². The Labute approximate surface area is 180 Å². The predicted octanol–water partition coefficient (Wildman–Crippen LogP) is 8.22. The fourth-order valence-corrected chi connectivity index (χ4v) is 4.83. The van der Waals surface area contributed by atoms with E-state index in [1.54, 1.807) is 0 Å². The number of phenols is 1. The molecule has 0 spiro atoms. The van der Waals surface area contributed by atoms with Gasteiger partial charge in [-0.15, -0.1) is 0 Å². The molecule has 0 aromatic heterocycles. The molecule has 0 amide bonds. The number of hydrogen-bond acceptors (Lipinski definition) is 2. The SMILES string of the molecule is Cc1cc(O)cc2c1OC(C)(CCC[C@@H](C)CCC[C@H](C)CCCC(C)C)CC2. The first-order chi connectivity index (χ1) is 13.7. The molecule has 1 N–H and O–H groups in total. The van der Waals surface area contributed by atoms with Gasteiger partial charge in [-0.3, -0.25) is 0 Å². The first-order valence-corrected chi connectivity index (χ1v) is 12.2. The number of phenolic OH excluding ortho intramolecular Hbond substituents is 1. The van der Waals surface area contributed by atoms with Crippen LogP contribution in [0.2, 0.25) is 0 Å². The highest BCUT2D eigenvalue weighted by atomic mass is 16.5. The van der Waals surface area contributed by atoms with Crippen LogP contribution in [0, 0.1) is 24.7 Å². The first-order valence-electron chi connectivity index (χ1n) is 12.2. The van der Waals surface area contributed by atoms with Gasteiger partial charge in [-0.2, -0.15) is 0 Å². The maximum absolute atomic E-state index is 9.82. The van der Waals surface area contributed by atoms with Crippen LogP contribution in [0.3, 0.4) is 0 Å². The van der Waals surface area contributed by atoms with Gasteiger partial charge in [0.1, 0.15) is 17.1 Å². The van der Waals surface area contributed by atoms with E-state index in [0.29, 0.717) is 5.75 Å². The summed E-state index contributed by atoms with van der Waals surface area (Å²) in [6.45, 7) is 13.8. The number of ether oxygens (including phenoxy) is 1. The zero-order valence-corrected chi connectivity index (χ0v) is 20.0. The maximum atomic E-state index is 9.82. The van der Waals surface area contributed by atoms with Gasteiger partial charge in [0.25, 0.3) is 0 Å². The molecule has 0 radical (unpaired) electrons. The molecule has 0 saturated heterocycles. The average Bonchev–Trinajstić information content (AvgIpc) is 2.62. The van der Waals surface area contributed by atoms with E-state index in [9.17, 15) is 5.11 Å². The lowest BCUT2D eigenvalue weighted by molar-refractivity contribution is 0.0515. The smallest absolute Gasteiger partial charge is 0.126 e. The number of hydrogen-bond donors (Lipinski definition) is 1. The van der Waals surface area contributed by atoms with E-state index in [1.165, 1.54) is 51.4 Å². The van der Waals surface area contributed by atoms with E-state index < -0.39 is 0 Å². The monoisotopic (exact) mass is 402 g/mol. The second-order valence-electron chi connectivity index (χ2n) is 10.7. The van der Waals surface area contributed by atoms with E-state index in [2.05, 4.69) is 34.6 Å². The number of fused-ring (bicyclic) bond motifs is 1. The van der Waals surface area contributed by atoms with Crippen LogP contribution >= 0.6 is 0 Å². The van der Waals surface area contributed by atoms with Gasteiger partial charge in [0.05, 0.1) is 0 Å². The molecular weight excluding hydrogens is 356 g/mol. The lowest BCUT2D eigenvalue weighted by atomic mass is 9.85. The normalized spacial score (nSPS) is 20.9. The Bertz CT molecular complexity index is 621. The lowest BCUT2D eigenvalue weighted by Crippen LogP contribution is -2.36. The molecule has 1 heterocycles. The van der Waals surface area contributed by atoms with E-state index in [-0.39, 0.29) is 5.60 Å². The highest BCUT2D eigenvalue weighted by molar-refractivity contribution is 5.47. The Morgan fingerprint density at radius 2 is 1.52 bits per heavy atom. The van der Waals surface area contributed by atoms with Crippen LogP contribution in [0.4, 0.5) is 0 Å². The molecular formula is C27H46O2. The van der Waals surface area contributed by atoms with E-state index in [4.69, 9.17) is 4.74 Å². The molecule has 1 aliphatic rings. The van der Waals surface area contributed by atoms with Crippen molar-refractivity contribution in [2.24, 2.45) is 17.8 Å². The second-order valence-corrected chi connectivity index (χ2v) is 10.7. The van der Waals surface area contributed by atoms with Gasteiger partial charge in [0.2, 0.25) is 0 Å². The molecule has 1 unspecified atom stereocenters. The van der Waals surface area contributed by atoms with Crippen molar-refractivity contribution in [1.29, 1.82) is 0 Å².